The second-order valence-corrected chi connectivity index (χ2v) is 10.3. The second kappa shape index (κ2) is 11.4. The quantitative estimate of drug-likeness (QED) is 0.324. The number of fused-ring (bicyclic) bond motifs is 1. The summed E-state index contributed by atoms with van der Waals surface area (Å²) in [5.74, 6) is 0.847. The Bertz CT molecular complexity index is 1520. The van der Waals surface area contributed by atoms with Crippen molar-refractivity contribution in [2.45, 2.75) is 50.7 Å². The van der Waals surface area contributed by atoms with Gasteiger partial charge in [0.1, 0.15) is 5.82 Å². The summed E-state index contributed by atoms with van der Waals surface area (Å²) in [6.45, 7) is 0.743. The molecule has 0 radical (unpaired) electrons. The number of carbonyl (C=O) groups is 2. The van der Waals surface area contributed by atoms with Gasteiger partial charge in [0.2, 0.25) is 11.9 Å². The number of methoxy groups -OCH3 is 1. The molecule has 1 saturated carbocycles. The first-order valence-corrected chi connectivity index (χ1v) is 13.8. The van der Waals surface area contributed by atoms with Gasteiger partial charge in [-0.15, -0.1) is 0 Å². The van der Waals surface area contributed by atoms with Crippen LogP contribution in [0.1, 0.15) is 48.9 Å². The van der Waals surface area contributed by atoms with Crippen LogP contribution in [0.2, 0.25) is 0 Å². The van der Waals surface area contributed by atoms with Crippen molar-refractivity contribution < 1.29 is 14.3 Å². The molecule has 0 bridgehead atoms. The molecule has 2 aromatic carbocycles. The van der Waals surface area contributed by atoms with Crippen molar-refractivity contribution in [3.05, 3.63) is 72.6 Å². The molecule has 204 valence electrons. The summed E-state index contributed by atoms with van der Waals surface area (Å²) in [5.41, 5.74) is 3.85. The molecule has 2 fully saturated rings. The Kier molecular flexibility index (Phi) is 7.37. The Hall–Kier alpha value is -4.37. The van der Waals surface area contributed by atoms with Gasteiger partial charge in [-0.3, -0.25) is 9.59 Å². The molecular weight excluding hydrogens is 504 g/mol. The number of aromatic nitrogens is 3. The van der Waals surface area contributed by atoms with Crippen molar-refractivity contribution in [2.75, 3.05) is 29.2 Å². The van der Waals surface area contributed by atoms with Crippen LogP contribution < -0.4 is 15.5 Å². The molecule has 2 amide bonds. The van der Waals surface area contributed by atoms with Gasteiger partial charge in [-0.2, -0.15) is 0 Å². The number of nitrogens with one attached hydrogen (secondary N) is 2. The lowest BCUT2D eigenvalue weighted by molar-refractivity contribution is -0.117. The fourth-order valence-electron chi connectivity index (χ4n) is 5.54. The zero-order chi connectivity index (χ0) is 27.5. The lowest BCUT2D eigenvalue weighted by Gasteiger charge is -2.28. The maximum absolute atomic E-state index is 12.9. The number of benzene rings is 2. The minimum atomic E-state index is -0.251. The first kappa shape index (κ1) is 25.9. The van der Waals surface area contributed by atoms with Crippen molar-refractivity contribution in [2.24, 2.45) is 0 Å². The molecule has 1 aliphatic heterocycles. The Morgan fingerprint density at radius 3 is 2.45 bits per heavy atom. The molecule has 9 nitrogen and oxygen atoms in total. The molecule has 0 unspecified atom stereocenters. The Labute approximate surface area is 233 Å². The smallest absolute Gasteiger partial charge is 0.256 e. The predicted molar refractivity (Wildman–Crippen MR) is 155 cm³/mol. The number of carbonyl (C=O) groups excluding carboxylic acids is 2. The molecule has 2 aliphatic rings. The number of hydrogen-bond donors (Lipinski definition) is 2. The molecular formula is C31H32N6O3. The third kappa shape index (κ3) is 5.37. The maximum Gasteiger partial charge on any atom is 0.256 e. The van der Waals surface area contributed by atoms with Gasteiger partial charge in [0, 0.05) is 55.3 Å². The zero-order valence-corrected chi connectivity index (χ0v) is 22.5. The Balaban J connectivity index is 1.34. The molecule has 6 rings (SSSR count). The van der Waals surface area contributed by atoms with E-state index in [2.05, 4.69) is 20.6 Å². The van der Waals surface area contributed by atoms with Crippen LogP contribution >= 0.6 is 0 Å². The van der Waals surface area contributed by atoms with Gasteiger partial charge in [-0.1, -0.05) is 30.3 Å². The van der Waals surface area contributed by atoms with E-state index >= 15 is 0 Å². The van der Waals surface area contributed by atoms with Crippen molar-refractivity contribution in [1.29, 1.82) is 0 Å². The molecule has 2 N–H and O–H groups in total. The average Bonchev–Trinajstić information content (AvgIpc) is 3.44. The SMILES string of the molecule is COC1CCC(Nc2ncc3c(NC(=O)c4ccccc4)ncc(-c4ccc(N5CCCC5=O)cc4)c3n2)CC1. The normalized spacial score (nSPS) is 19.1. The minimum Gasteiger partial charge on any atom is -0.381 e. The monoisotopic (exact) mass is 536 g/mol. The van der Waals surface area contributed by atoms with Crippen LogP contribution in [0.4, 0.5) is 17.5 Å². The maximum atomic E-state index is 12.9. The highest BCUT2D eigenvalue weighted by Crippen LogP contribution is 2.33. The average molecular weight is 537 g/mol. The number of anilines is 3. The zero-order valence-electron chi connectivity index (χ0n) is 22.5. The highest BCUT2D eigenvalue weighted by atomic mass is 16.5. The number of pyridine rings is 1. The highest BCUT2D eigenvalue weighted by molar-refractivity contribution is 6.09. The van der Waals surface area contributed by atoms with E-state index in [4.69, 9.17) is 9.72 Å². The fraction of sp³-hybridized carbons (Fsp3) is 0.323. The summed E-state index contributed by atoms with van der Waals surface area (Å²) in [6.07, 6.45) is 9.20. The van der Waals surface area contributed by atoms with Gasteiger partial charge < -0.3 is 20.3 Å². The Morgan fingerprint density at radius 2 is 1.75 bits per heavy atom. The van der Waals surface area contributed by atoms with E-state index in [-0.39, 0.29) is 17.9 Å². The largest absolute Gasteiger partial charge is 0.381 e. The topological polar surface area (TPSA) is 109 Å². The van der Waals surface area contributed by atoms with Crippen molar-refractivity contribution >= 4 is 40.2 Å². The van der Waals surface area contributed by atoms with E-state index in [0.29, 0.717) is 40.8 Å². The second-order valence-electron chi connectivity index (χ2n) is 10.3. The molecule has 1 aliphatic carbocycles. The van der Waals surface area contributed by atoms with Crippen LogP contribution in [-0.2, 0) is 9.53 Å². The minimum absolute atomic E-state index is 0.154. The van der Waals surface area contributed by atoms with Crippen LogP contribution in [0.5, 0.6) is 0 Å². The van der Waals surface area contributed by atoms with Gasteiger partial charge >= 0.3 is 0 Å². The van der Waals surface area contributed by atoms with Crippen LogP contribution in [0.15, 0.2) is 67.0 Å². The summed E-state index contributed by atoms with van der Waals surface area (Å²) in [6, 6.07) is 17.2. The van der Waals surface area contributed by atoms with E-state index in [1.54, 1.807) is 31.6 Å². The first-order valence-electron chi connectivity index (χ1n) is 13.8. The predicted octanol–water partition coefficient (Wildman–Crippen LogP) is 5.44. The molecule has 40 heavy (non-hydrogen) atoms. The number of hydrogen-bond acceptors (Lipinski definition) is 7. The third-order valence-electron chi connectivity index (χ3n) is 7.79. The van der Waals surface area contributed by atoms with Crippen molar-refractivity contribution in [3.8, 4) is 11.1 Å². The fourth-order valence-corrected chi connectivity index (χ4v) is 5.54. The molecule has 9 heteroatoms. The molecule has 2 aromatic heterocycles. The van der Waals surface area contributed by atoms with E-state index in [1.165, 1.54) is 0 Å². The highest BCUT2D eigenvalue weighted by Gasteiger charge is 2.23. The molecule has 1 saturated heterocycles. The van der Waals surface area contributed by atoms with Crippen LogP contribution in [0.3, 0.4) is 0 Å². The van der Waals surface area contributed by atoms with Gasteiger partial charge in [0.25, 0.3) is 5.91 Å². The number of amides is 2. The summed E-state index contributed by atoms with van der Waals surface area (Å²) < 4.78 is 5.51. The lowest BCUT2D eigenvalue weighted by Crippen LogP contribution is -2.29. The van der Waals surface area contributed by atoms with Crippen LogP contribution in [0.25, 0.3) is 22.0 Å². The first-order chi connectivity index (χ1) is 19.6. The van der Waals surface area contributed by atoms with Gasteiger partial charge in [-0.25, -0.2) is 15.0 Å². The number of rotatable bonds is 7. The van der Waals surface area contributed by atoms with Gasteiger partial charge in [0.15, 0.2) is 0 Å². The Morgan fingerprint density at radius 1 is 0.975 bits per heavy atom. The van der Waals surface area contributed by atoms with Crippen LogP contribution in [0, 0.1) is 0 Å². The summed E-state index contributed by atoms with van der Waals surface area (Å²) in [7, 11) is 1.77. The lowest BCUT2D eigenvalue weighted by atomic mass is 9.93. The van der Waals surface area contributed by atoms with Crippen LogP contribution in [-0.4, -0.2) is 52.6 Å². The molecule has 0 spiro atoms. The van der Waals surface area contributed by atoms with Crippen molar-refractivity contribution in [1.82, 2.24) is 15.0 Å². The van der Waals surface area contributed by atoms with E-state index in [1.807, 2.05) is 47.4 Å². The standard InChI is InChI=1S/C31H32N6O3/c1-40-24-15-11-22(12-16-24)34-31-33-19-26-28(35-31)25(18-32-29(26)36-30(39)21-6-3-2-4-7-21)20-9-13-23(14-10-20)37-17-5-8-27(37)38/h2-4,6-7,9-10,13-14,18-19,22,24H,5,8,11-12,15-17H2,1H3,(H,32,36,39)(H,33,34,35). The van der Waals surface area contributed by atoms with E-state index < -0.39 is 0 Å². The van der Waals surface area contributed by atoms with Gasteiger partial charge in [0.05, 0.1) is 17.0 Å². The van der Waals surface area contributed by atoms with Crippen molar-refractivity contribution in [3.63, 3.8) is 0 Å². The summed E-state index contributed by atoms with van der Waals surface area (Å²) in [5, 5.41) is 7.09. The number of nitrogens with zero attached hydrogens (tertiary/aromatic N) is 4. The van der Waals surface area contributed by atoms with Gasteiger partial charge in [-0.05, 0) is 61.9 Å². The molecule has 0 atom stereocenters. The van der Waals surface area contributed by atoms with E-state index in [9.17, 15) is 9.59 Å². The summed E-state index contributed by atoms with van der Waals surface area (Å²) in [4.78, 5) is 41.1. The molecule has 4 aromatic rings. The van der Waals surface area contributed by atoms with E-state index in [0.717, 1.165) is 55.5 Å². The third-order valence-corrected chi connectivity index (χ3v) is 7.79. The number of ether oxygens (including phenoxy) is 1. The molecule has 3 heterocycles. The summed E-state index contributed by atoms with van der Waals surface area (Å²) >= 11 is 0.